The maximum absolute atomic E-state index is 13.0. The zero-order valence-electron chi connectivity index (χ0n) is 15.7. The normalized spacial score (nSPS) is 13.5. The van der Waals surface area contributed by atoms with Crippen LogP contribution in [0, 0.1) is 20.8 Å². The van der Waals surface area contributed by atoms with Crippen molar-refractivity contribution in [2.24, 2.45) is 0 Å². The molecule has 0 unspecified atom stereocenters. The van der Waals surface area contributed by atoms with Gasteiger partial charge >= 0.3 is 0 Å². The Balaban J connectivity index is 1.95. The summed E-state index contributed by atoms with van der Waals surface area (Å²) in [7, 11) is -7.72. The van der Waals surface area contributed by atoms with Crippen molar-refractivity contribution in [3.8, 4) is 0 Å². The van der Waals surface area contributed by atoms with E-state index in [1.807, 2.05) is 6.92 Å². The van der Waals surface area contributed by atoms with Gasteiger partial charge in [0, 0.05) is 6.54 Å². The van der Waals surface area contributed by atoms with Gasteiger partial charge in [0.2, 0.25) is 10.0 Å². The van der Waals surface area contributed by atoms with Crippen LogP contribution in [-0.4, -0.2) is 23.4 Å². The van der Waals surface area contributed by atoms with Crippen LogP contribution in [0.2, 0.25) is 0 Å². The van der Waals surface area contributed by atoms with E-state index in [1.165, 1.54) is 18.4 Å². The molecule has 0 fully saturated rings. The predicted octanol–water partition coefficient (Wildman–Crippen LogP) is 3.76. The molecule has 0 amide bonds. The van der Waals surface area contributed by atoms with Gasteiger partial charge in [-0.2, -0.15) is 0 Å². The Bertz CT molecular complexity index is 1140. The first-order valence-corrected chi connectivity index (χ1v) is 12.4. The summed E-state index contributed by atoms with van der Waals surface area (Å²) in [5, 5.41) is 0.497. The Kier molecular flexibility index (Phi) is 5.81. The van der Waals surface area contributed by atoms with Crippen molar-refractivity contribution >= 4 is 31.2 Å². The van der Waals surface area contributed by atoms with E-state index in [0.717, 1.165) is 16.9 Å². The second kappa shape index (κ2) is 7.82. The van der Waals surface area contributed by atoms with Gasteiger partial charge in [0.1, 0.15) is 15.2 Å². The first-order chi connectivity index (χ1) is 13.1. The molecule has 2 heterocycles. The van der Waals surface area contributed by atoms with E-state index in [4.69, 9.17) is 4.42 Å². The molecule has 0 aliphatic carbocycles. The molecule has 1 atom stereocenters. The lowest BCUT2D eigenvalue weighted by Crippen LogP contribution is -2.32. The lowest BCUT2D eigenvalue weighted by Gasteiger charge is -2.17. The number of nitrogens with one attached hydrogen (secondary N) is 1. The van der Waals surface area contributed by atoms with Gasteiger partial charge in [0.15, 0.2) is 9.84 Å². The Morgan fingerprint density at radius 2 is 1.71 bits per heavy atom. The zero-order chi connectivity index (χ0) is 20.5. The first-order valence-electron chi connectivity index (χ1n) is 8.51. The predicted molar refractivity (Wildman–Crippen MR) is 109 cm³/mol. The van der Waals surface area contributed by atoms with Crippen LogP contribution in [0.5, 0.6) is 0 Å². The third kappa shape index (κ3) is 4.07. The van der Waals surface area contributed by atoms with Gasteiger partial charge in [0.25, 0.3) is 0 Å². The average molecular weight is 440 g/mol. The summed E-state index contributed by atoms with van der Waals surface area (Å²) in [6.45, 7) is 5.01. The van der Waals surface area contributed by atoms with Crippen molar-refractivity contribution in [2.45, 2.75) is 35.1 Å². The Morgan fingerprint density at radius 3 is 2.25 bits per heavy atom. The molecule has 0 bridgehead atoms. The van der Waals surface area contributed by atoms with Crippen LogP contribution < -0.4 is 4.72 Å². The van der Waals surface area contributed by atoms with Gasteiger partial charge in [-0.15, -0.1) is 11.3 Å². The molecule has 0 spiro atoms. The van der Waals surface area contributed by atoms with Crippen LogP contribution in [-0.2, 0) is 19.9 Å². The van der Waals surface area contributed by atoms with Crippen LogP contribution in [0.3, 0.4) is 0 Å². The number of thiophene rings is 1. The van der Waals surface area contributed by atoms with E-state index >= 15 is 0 Å². The zero-order valence-corrected chi connectivity index (χ0v) is 18.1. The summed E-state index contributed by atoms with van der Waals surface area (Å²) in [6, 6.07) is 9.82. The maximum atomic E-state index is 13.0. The van der Waals surface area contributed by atoms with E-state index in [0.29, 0.717) is 11.1 Å². The number of hydrogen-bond donors (Lipinski definition) is 1. The van der Waals surface area contributed by atoms with E-state index in [2.05, 4.69) is 4.72 Å². The number of hydrogen-bond acceptors (Lipinski definition) is 6. The summed E-state index contributed by atoms with van der Waals surface area (Å²) in [4.78, 5) is 0.171. The summed E-state index contributed by atoms with van der Waals surface area (Å²) in [5.41, 5.74) is 2.18. The quantitative estimate of drug-likeness (QED) is 0.605. The molecule has 150 valence electrons. The molecule has 28 heavy (non-hydrogen) atoms. The minimum atomic E-state index is -3.91. The number of sulfonamides is 1. The number of benzene rings is 1. The molecule has 1 aromatic carbocycles. The van der Waals surface area contributed by atoms with E-state index < -0.39 is 25.1 Å². The molecule has 0 aliphatic rings. The SMILES string of the molecule is Cc1cc(C)c(S(=O)(=O)NC[C@H](c2ccco2)S(=O)(=O)c2cccs2)c(C)c1. The Labute approximate surface area is 169 Å². The number of furan rings is 1. The summed E-state index contributed by atoms with van der Waals surface area (Å²) < 4.78 is 59.9. The highest BCUT2D eigenvalue weighted by atomic mass is 32.2. The fourth-order valence-electron chi connectivity index (χ4n) is 3.25. The highest BCUT2D eigenvalue weighted by molar-refractivity contribution is 7.93. The largest absolute Gasteiger partial charge is 0.468 e. The van der Waals surface area contributed by atoms with Gasteiger partial charge < -0.3 is 4.42 Å². The molecule has 2 aromatic heterocycles. The van der Waals surface area contributed by atoms with Crippen molar-refractivity contribution in [3.63, 3.8) is 0 Å². The molecule has 3 aromatic rings. The molecular formula is C19H21NO5S3. The van der Waals surface area contributed by atoms with E-state index in [1.54, 1.807) is 43.5 Å². The van der Waals surface area contributed by atoms with Crippen LogP contribution in [0.1, 0.15) is 27.7 Å². The highest BCUT2D eigenvalue weighted by Crippen LogP contribution is 2.32. The Hall–Kier alpha value is -1.94. The third-order valence-corrected chi connectivity index (χ3v) is 9.56. The van der Waals surface area contributed by atoms with Gasteiger partial charge in [0.05, 0.1) is 11.2 Å². The molecule has 0 radical (unpaired) electrons. The number of aryl methyl sites for hydroxylation is 3. The molecule has 9 heteroatoms. The summed E-state index contributed by atoms with van der Waals surface area (Å²) in [6.07, 6.45) is 1.37. The fourth-order valence-corrected chi connectivity index (χ4v) is 7.64. The molecule has 0 saturated carbocycles. The smallest absolute Gasteiger partial charge is 0.241 e. The summed E-state index contributed by atoms with van der Waals surface area (Å²) >= 11 is 1.08. The van der Waals surface area contributed by atoms with Crippen LogP contribution in [0.15, 0.2) is 61.6 Å². The molecule has 1 N–H and O–H groups in total. The Morgan fingerprint density at radius 1 is 1.04 bits per heavy atom. The number of rotatable bonds is 7. The highest BCUT2D eigenvalue weighted by Gasteiger charge is 2.34. The summed E-state index contributed by atoms with van der Waals surface area (Å²) in [5.74, 6) is 0.188. The standard InChI is InChI=1S/C19H21NO5S3/c1-13-10-14(2)19(15(3)11-13)28(23,24)20-12-17(16-6-4-8-25-16)27(21,22)18-7-5-9-26-18/h4-11,17,20H,12H2,1-3H3/t17-/m1/s1. The molecular weight excluding hydrogens is 418 g/mol. The molecule has 6 nitrogen and oxygen atoms in total. The lowest BCUT2D eigenvalue weighted by atomic mass is 10.1. The molecule has 0 aliphatic heterocycles. The fraction of sp³-hybridized carbons (Fsp3) is 0.263. The number of sulfone groups is 1. The monoisotopic (exact) mass is 439 g/mol. The minimum Gasteiger partial charge on any atom is -0.468 e. The van der Waals surface area contributed by atoms with Crippen LogP contribution in [0.25, 0.3) is 0 Å². The van der Waals surface area contributed by atoms with Crippen LogP contribution >= 0.6 is 11.3 Å². The minimum absolute atomic E-state index is 0.163. The third-order valence-electron chi connectivity index (χ3n) is 4.34. The van der Waals surface area contributed by atoms with Gasteiger partial charge in [-0.3, -0.25) is 0 Å². The van der Waals surface area contributed by atoms with Gasteiger partial charge in [-0.1, -0.05) is 23.8 Å². The van der Waals surface area contributed by atoms with Crippen molar-refractivity contribution in [3.05, 3.63) is 70.5 Å². The van der Waals surface area contributed by atoms with Gasteiger partial charge in [-0.05, 0) is 55.5 Å². The first kappa shape index (κ1) is 20.8. The second-order valence-electron chi connectivity index (χ2n) is 6.56. The van der Waals surface area contributed by atoms with Crippen molar-refractivity contribution in [1.82, 2.24) is 4.72 Å². The van der Waals surface area contributed by atoms with Gasteiger partial charge in [-0.25, -0.2) is 21.6 Å². The van der Waals surface area contributed by atoms with Crippen molar-refractivity contribution < 1.29 is 21.3 Å². The van der Waals surface area contributed by atoms with E-state index in [-0.39, 0.29) is 21.4 Å². The van der Waals surface area contributed by atoms with Crippen LogP contribution in [0.4, 0.5) is 0 Å². The van der Waals surface area contributed by atoms with Crippen molar-refractivity contribution in [2.75, 3.05) is 6.54 Å². The average Bonchev–Trinajstić information content (AvgIpc) is 3.27. The topological polar surface area (TPSA) is 93.4 Å². The van der Waals surface area contributed by atoms with E-state index in [9.17, 15) is 16.8 Å². The maximum Gasteiger partial charge on any atom is 0.241 e. The lowest BCUT2D eigenvalue weighted by molar-refractivity contribution is 0.487. The second-order valence-corrected chi connectivity index (χ2v) is 11.6. The van der Waals surface area contributed by atoms with Crippen molar-refractivity contribution in [1.29, 1.82) is 0 Å². The molecule has 0 saturated heterocycles. The molecule has 3 rings (SSSR count).